The SMILES string of the molecule is CC1(C)C[C@](O)(C(F)(F)F)[C@@H](NC(=O)c2cccc3ccccc23)c2ccc(F)c(O)c21. The number of carbonyl (C=O) groups is 1. The number of hydrogen-bond donors (Lipinski definition) is 3. The van der Waals surface area contributed by atoms with Crippen molar-refractivity contribution in [1.82, 2.24) is 5.32 Å². The number of aliphatic hydroxyl groups is 1. The fourth-order valence-electron chi connectivity index (χ4n) is 4.75. The Labute approximate surface area is 181 Å². The highest BCUT2D eigenvalue weighted by Gasteiger charge is 2.64. The maximum absolute atomic E-state index is 14.2. The average Bonchev–Trinajstić information content (AvgIpc) is 2.71. The summed E-state index contributed by atoms with van der Waals surface area (Å²) in [4.78, 5) is 13.1. The molecule has 3 N–H and O–H groups in total. The molecule has 2 atom stereocenters. The summed E-state index contributed by atoms with van der Waals surface area (Å²) in [6.45, 7) is 2.76. The van der Waals surface area contributed by atoms with Gasteiger partial charge in [-0.05, 0) is 40.3 Å². The Morgan fingerprint density at radius 1 is 1.06 bits per heavy atom. The third kappa shape index (κ3) is 3.30. The second-order valence-corrected chi connectivity index (χ2v) is 8.78. The van der Waals surface area contributed by atoms with E-state index in [1.807, 2.05) is 0 Å². The van der Waals surface area contributed by atoms with Gasteiger partial charge in [-0.1, -0.05) is 56.3 Å². The predicted octanol–water partition coefficient (Wildman–Crippen LogP) is 5.13. The quantitative estimate of drug-likeness (QED) is 0.477. The monoisotopic (exact) mass is 447 g/mol. The van der Waals surface area contributed by atoms with E-state index in [2.05, 4.69) is 5.32 Å². The van der Waals surface area contributed by atoms with Crippen LogP contribution < -0.4 is 5.32 Å². The second kappa shape index (κ2) is 7.20. The predicted molar refractivity (Wildman–Crippen MR) is 111 cm³/mol. The van der Waals surface area contributed by atoms with Gasteiger partial charge in [0.25, 0.3) is 5.91 Å². The van der Waals surface area contributed by atoms with Gasteiger partial charge in [0, 0.05) is 11.1 Å². The average molecular weight is 447 g/mol. The van der Waals surface area contributed by atoms with Crippen LogP contribution in [0.2, 0.25) is 0 Å². The minimum Gasteiger partial charge on any atom is -0.505 e. The van der Waals surface area contributed by atoms with Crippen LogP contribution in [0.1, 0.15) is 47.8 Å². The summed E-state index contributed by atoms with van der Waals surface area (Å²) in [6.07, 6.45) is -5.99. The van der Waals surface area contributed by atoms with E-state index in [1.165, 1.54) is 19.9 Å². The summed E-state index contributed by atoms with van der Waals surface area (Å²) < 4.78 is 56.6. The minimum absolute atomic E-state index is 0.0744. The minimum atomic E-state index is -5.11. The molecule has 0 aromatic heterocycles. The van der Waals surface area contributed by atoms with Crippen LogP contribution >= 0.6 is 0 Å². The first-order chi connectivity index (χ1) is 14.9. The van der Waals surface area contributed by atoms with Gasteiger partial charge in [-0.15, -0.1) is 0 Å². The van der Waals surface area contributed by atoms with Gasteiger partial charge in [-0.25, -0.2) is 4.39 Å². The van der Waals surface area contributed by atoms with E-state index in [4.69, 9.17) is 0 Å². The lowest BCUT2D eigenvalue weighted by atomic mass is 9.63. The summed E-state index contributed by atoms with van der Waals surface area (Å²) in [5.74, 6) is -2.61. The van der Waals surface area contributed by atoms with Crippen molar-refractivity contribution in [2.45, 2.75) is 43.5 Å². The number of fused-ring (bicyclic) bond motifs is 2. The third-order valence-electron chi connectivity index (χ3n) is 6.14. The number of aromatic hydroxyl groups is 1. The molecule has 168 valence electrons. The first-order valence-electron chi connectivity index (χ1n) is 9.96. The van der Waals surface area contributed by atoms with Gasteiger partial charge in [0.05, 0.1) is 6.04 Å². The number of phenolic OH excluding ortho intramolecular Hbond substituents is 1. The fraction of sp³-hybridized carbons (Fsp3) is 0.292. The molecule has 0 spiro atoms. The molecule has 0 saturated heterocycles. The van der Waals surface area contributed by atoms with Crippen molar-refractivity contribution in [2.24, 2.45) is 0 Å². The van der Waals surface area contributed by atoms with Crippen molar-refractivity contribution < 1.29 is 32.6 Å². The Morgan fingerprint density at radius 3 is 2.41 bits per heavy atom. The van der Waals surface area contributed by atoms with Gasteiger partial charge in [0.15, 0.2) is 17.2 Å². The van der Waals surface area contributed by atoms with E-state index in [-0.39, 0.29) is 16.7 Å². The highest BCUT2D eigenvalue weighted by Crippen LogP contribution is 2.55. The number of alkyl halides is 3. The Bertz CT molecular complexity index is 1220. The first kappa shape index (κ1) is 22.1. The molecular weight excluding hydrogens is 426 g/mol. The normalized spacial score (nSPS) is 22.4. The number of halogens is 4. The van der Waals surface area contributed by atoms with Crippen molar-refractivity contribution in [3.8, 4) is 5.75 Å². The van der Waals surface area contributed by atoms with Gasteiger partial charge >= 0.3 is 6.18 Å². The van der Waals surface area contributed by atoms with E-state index < -0.39 is 47.1 Å². The molecule has 8 heteroatoms. The summed E-state index contributed by atoms with van der Waals surface area (Å²) in [5, 5.41) is 24.8. The van der Waals surface area contributed by atoms with E-state index in [9.17, 15) is 32.6 Å². The molecule has 32 heavy (non-hydrogen) atoms. The third-order valence-corrected chi connectivity index (χ3v) is 6.14. The van der Waals surface area contributed by atoms with Crippen LogP contribution in [0.25, 0.3) is 10.8 Å². The second-order valence-electron chi connectivity index (χ2n) is 8.78. The van der Waals surface area contributed by atoms with E-state index >= 15 is 0 Å². The topological polar surface area (TPSA) is 69.6 Å². The van der Waals surface area contributed by atoms with Crippen LogP contribution in [0.3, 0.4) is 0 Å². The lowest BCUT2D eigenvalue weighted by Gasteiger charge is -2.48. The maximum atomic E-state index is 14.2. The number of phenols is 1. The Kier molecular flexibility index (Phi) is 4.97. The van der Waals surface area contributed by atoms with E-state index in [1.54, 1.807) is 36.4 Å². The number of nitrogens with one attached hydrogen (secondary N) is 1. The molecule has 0 radical (unpaired) electrons. The highest BCUT2D eigenvalue weighted by molar-refractivity contribution is 6.07. The fourth-order valence-corrected chi connectivity index (χ4v) is 4.75. The van der Waals surface area contributed by atoms with Crippen LogP contribution in [0.15, 0.2) is 54.6 Å². The molecule has 0 bridgehead atoms. The largest absolute Gasteiger partial charge is 0.505 e. The highest BCUT2D eigenvalue weighted by atomic mass is 19.4. The summed E-state index contributed by atoms with van der Waals surface area (Å²) in [7, 11) is 0. The molecule has 0 unspecified atom stereocenters. The molecule has 1 aliphatic carbocycles. The molecule has 0 saturated carbocycles. The molecule has 0 fully saturated rings. The van der Waals surface area contributed by atoms with Crippen molar-refractivity contribution in [2.75, 3.05) is 0 Å². The standard InChI is InChI=1S/C24H21F4NO3/c1-22(2)12-23(32,24(26,27)28)20(16-10-11-17(25)19(30)18(16)22)29-21(31)15-9-5-7-13-6-3-4-8-14(13)15/h3-11,20,30,32H,12H2,1-2H3,(H,29,31)/t20-,23+/m0/s1. The van der Waals surface area contributed by atoms with Crippen molar-refractivity contribution in [3.63, 3.8) is 0 Å². The van der Waals surface area contributed by atoms with Crippen LogP contribution in [-0.4, -0.2) is 27.9 Å². The zero-order valence-corrected chi connectivity index (χ0v) is 17.3. The smallest absolute Gasteiger partial charge is 0.419 e. The van der Waals surface area contributed by atoms with Gasteiger partial charge in [-0.3, -0.25) is 4.79 Å². The number of carbonyl (C=O) groups excluding carboxylic acids is 1. The zero-order chi connectivity index (χ0) is 23.5. The van der Waals surface area contributed by atoms with Crippen molar-refractivity contribution in [3.05, 3.63) is 77.1 Å². The Balaban J connectivity index is 1.88. The summed E-state index contributed by atoms with van der Waals surface area (Å²) in [6, 6.07) is 11.7. The van der Waals surface area contributed by atoms with Crippen LogP contribution in [0.4, 0.5) is 17.6 Å². The Hall–Kier alpha value is -3.13. The molecular formula is C24H21F4NO3. The van der Waals surface area contributed by atoms with Crippen LogP contribution in [-0.2, 0) is 5.41 Å². The number of hydrogen-bond acceptors (Lipinski definition) is 3. The molecule has 1 aliphatic rings. The first-order valence-corrected chi connectivity index (χ1v) is 9.96. The van der Waals surface area contributed by atoms with Crippen molar-refractivity contribution >= 4 is 16.7 Å². The number of amides is 1. The maximum Gasteiger partial charge on any atom is 0.419 e. The number of benzene rings is 3. The molecule has 0 heterocycles. The van der Waals surface area contributed by atoms with Crippen molar-refractivity contribution in [1.29, 1.82) is 0 Å². The van der Waals surface area contributed by atoms with E-state index in [0.29, 0.717) is 5.39 Å². The van der Waals surface area contributed by atoms with E-state index in [0.717, 1.165) is 17.5 Å². The summed E-state index contributed by atoms with van der Waals surface area (Å²) >= 11 is 0. The summed E-state index contributed by atoms with van der Waals surface area (Å²) in [5.41, 5.74) is -4.89. The molecule has 0 aliphatic heterocycles. The van der Waals surface area contributed by atoms with Gasteiger partial charge in [0.1, 0.15) is 0 Å². The molecule has 1 amide bonds. The van der Waals surface area contributed by atoms with Crippen LogP contribution in [0.5, 0.6) is 5.75 Å². The lowest BCUT2D eigenvalue weighted by molar-refractivity contribution is -0.280. The molecule has 3 aromatic carbocycles. The van der Waals surface area contributed by atoms with Gasteiger partial charge in [-0.2, -0.15) is 13.2 Å². The zero-order valence-electron chi connectivity index (χ0n) is 17.3. The molecule has 3 aromatic rings. The lowest BCUT2D eigenvalue weighted by Crippen LogP contribution is -2.60. The molecule has 4 nitrogen and oxygen atoms in total. The van der Waals surface area contributed by atoms with Crippen LogP contribution in [0, 0.1) is 5.82 Å². The number of rotatable bonds is 2. The Morgan fingerprint density at radius 2 is 1.72 bits per heavy atom. The van der Waals surface area contributed by atoms with Gasteiger partial charge < -0.3 is 15.5 Å². The van der Waals surface area contributed by atoms with Gasteiger partial charge in [0.2, 0.25) is 0 Å². The molecule has 4 rings (SSSR count).